The van der Waals surface area contributed by atoms with Gasteiger partial charge >= 0.3 is 0 Å². The molecule has 0 aliphatic carbocycles. The summed E-state index contributed by atoms with van der Waals surface area (Å²) in [6, 6.07) is 0. The number of hydrogen-bond acceptors (Lipinski definition) is 2. The maximum atomic E-state index is 11.1. The third-order valence-corrected chi connectivity index (χ3v) is 1.43. The molecule has 0 spiro atoms. The fraction of sp³-hybridized carbons (Fsp3) is 0.875. The smallest absolute Gasteiger partial charge is 0.222 e. The van der Waals surface area contributed by atoms with Gasteiger partial charge in [-0.3, -0.25) is 4.79 Å². The van der Waals surface area contributed by atoms with Gasteiger partial charge in [-0.05, 0) is 13.3 Å². The Bertz CT molecular complexity index is 123. The van der Waals surface area contributed by atoms with Crippen molar-refractivity contribution in [3.05, 3.63) is 0 Å². The zero-order valence-electron chi connectivity index (χ0n) is 7.50. The minimum Gasteiger partial charge on any atom is -0.392 e. The predicted molar refractivity (Wildman–Crippen MR) is 44.2 cm³/mol. The van der Waals surface area contributed by atoms with Crippen LogP contribution >= 0.6 is 0 Å². The van der Waals surface area contributed by atoms with E-state index in [4.69, 9.17) is 5.11 Å². The van der Waals surface area contributed by atoms with Gasteiger partial charge in [0.05, 0.1) is 6.10 Å². The second-order valence-electron chi connectivity index (χ2n) is 2.87. The topological polar surface area (TPSA) is 40.5 Å². The van der Waals surface area contributed by atoms with Crippen LogP contribution in [-0.4, -0.2) is 35.6 Å². The molecule has 1 unspecified atom stereocenters. The normalized spacial score (nSPS) is 12.7. The van der Waals surface area contributed by atoms with E-state index in [2.05, 4.69) is 0 Å². The maximum absolute atomic E-state index is 11.1. The number of carbonyl (C=O) groups excluding carboxylic acids is 1. The van der Waals surface area contributed by atoms with Crippen LogP contribution < -0.4 is 0 Å². The van der Waals surface area contributed by atoms with Crippen molar-refractivity contribution in [2.45, 2.75) is 32.8 Å². The summed E-state index contributed by atoms with van der Waals surface area (Å²) in [7, 11) is 1.71. The molecule has 0 saturated carbocycles. The molecule has 11 heavy (non-hydrogen) atoms. The maximum Gasteiger partial charge on any atom is 0.222 e. The first-order chi connectivity index (χ1) is 5.07. The molecule has 1 atom stereocenters. The quantitative estimate of drug-likeness (QED) is 0.653. The van der Waals surface area contributed by atoms with E-state index in [0.29, 0.717) is 13.0 Å². The number of amides is 1. The molecule has 3 heteroatoms. The first-order valence-corrected chi connectivity index (χ1v) is 4.00. The largest absolute Gasteiger partial charge is 0.392 e. The Hall–Kier alpha value is -0.570. The van der Waals surface area contributed by atoms with E-state index in [-0.39, 0.29) is 5.91 Å². The van der Waals surface area contributed by atoms with Crippen LogP contribution in [0.5, 0.6) is 0 Å². The molecule has 0 saturated heterocycles. The third-order valence-electron chi connectivity index (χ3n) is 1.43. The number of likely N-dealkylation sites (N-methyl/N-ethyl adjacent to an activating group) is 1. The number of nitrogens with zero attached hydrogens (tertiary/aromatic N) is 1. The Balaban J connectivity index is 3.64. The van der Waals surface area contributed by atoms with Gasteiger partial charge in [-0.1, -0.05) is 6.92 Å². The first kappa shape index (κ1) is 10.4. The average molecular weight is 159 g/mol. The Kier molecular flexibility index (Phi) is 4.86. The van der Waals surface area contributed by atoms with Gasteiger partial charge in [-0.2, -0.15) is 0 Å². The number of carbonyl (C=O) groups is 1. The molecule has 0 bridgehead atoms. The average Bonchev–Trinajstić information content (AvgIpc) is 1.86. The van der Waals surface area contributed by atoms with Gasteiger partial charge in [0, 0.05) is 20.0 Å². The van der Waals surface area contributed by atoms with E-state index in [1.54, 1.807) is 18.9 Å². The Morgan fingerprint density at radius 2 is 2.18 bits per heavy atom. The van der Waals surface area contributed by atoms with Gasteiger partial charge in [0.2, 0.25) is 5.91 Å². The summed E-state index contributed by atoms with van der Waals surface area (Å²) in [6.07, 6.45) is 1.01. The predicted octanol–water partition coefficient (Wildman–Crippen LogP) is 0.626. The standard InChI is InChI=1S/C8H17NO2/c1-4-5-8(11)9(3)6-7(2)10/h7,10H,4-6H2,1-3H3. The van der Waals surface area contributed by atoms with Crippen LogP contribution in [0.25, 0.3) is 0 Å². The second kappa shape index (κ2) is 5.13. The van der Waals surface area contributed by atoms with Crippen molar-refractivity contribution >= 4 is 5.91 Å². The molecule has 1 N–H and O–H groups in total. The van der Waals surface area contributed by atoms with Crippen LogP contribution in [0.4, 0.5) is 0 Å². The molecule has 0 aromatic heterocycles. The summed E-state index contributed by atoms with van der Waals surface area (Å²) in [5.74, 6) is 0.105. The molecule has 0 heterocycles. The minimum absolute atomic E-state index is 0.105. The van der Waals surface area contributed by atoms with Crippen molar-refractivity contribution < 1.29 is 9.90 Å². The summed E-state index contributed by atoms with van der Waals surface area (Å²) in [5.41, 5.74) is 0. The molecule has 66 valence electrons. The number of aliphatic hydroxyl groups is 1. The Morgan fingerprint density at radius 1 is 1.64 bits per heavy atom. The SMILES string of the molecule is CCCC(=O)N(C)CC(C)O. The fourth-order valence-electron chi connectivity index (χ4n) is 0.903. The highest BCUT2D eigenvalue weighted by Crippen LogP contribution is 1.95. The van der Waals surface area contributed by atoms with E-state index in [9.17, 15) is 4.79 Å². The van der Waals surface area contributed by atoms with Crippen LogP contribution in [0, 0.1) is 0 Å². The van der Waals surface area contributed by atoms with Crippen molar-refractivity contribution in [2.24, 2.45) is 0 Å². The molecular weight excluding hydrogens is 142 g/mol. The summed E-state index contributed by atoms with van der Waals surface area (Å²) in [5, 5.41) is 8.95. The second-order valence-corrected chi connectivity index (χ2v) is 2.87. The third kappa shape index (κ3) is 4.79. The van der Waals surface area contributed by atoms with Crippen LogP contribution in [-0.2, 0) is 4.79 Å². The van der Waals surface area contributed by atoms with Crippen LogP contribution in [0.3, 0.4) is 0 Å². The monoisotopic (exact) mass is 159 g/mol. The number of hydrogen-bond donors (Lipinski definition) is 1. The van der Waals surface area contributed by atoms with Gasteiger partial charge in [0.25, 0.3) is 0 Å². The van der Waals surface area contributed by atoms with Gasteiger partial charge < -0.3 is 10.0 Å². The molecule has 0 radical (unpaired) electrons. The summed E-state index contributed by atoms with van der Waals surface area (Å²) < 4.78 is 0. The number of aliphatic hydroxyl groups excluding tert-OH is 1. The van der Waals surface area contributed by atoms with Crippen molar-refractivity contribution in [3.8, 4) is 0 Å². The highest BCUT2D eigenvalue weighted by atomic mass is 16.3. The molecule has 1 amide bonds. The highest BCUT2D eigenvalue weighted by molar-refractivity contribution is 5.75. The van der Waals surface area contributed by atoms with Gasteiger partial charge in [-0.15, -0.1) is 0 Å². The highest BCUT2D eigenvalue weighted by Gasteiger charge is 2.08. The molecule has 0 aromatic rings. The Morgan fingerprint density at radius 3 is 2.55 bits per heavy atom. The molecule has 0 rings (SSSR count). The molecule has 3 nitrogen and oxygen atoms in total. The van der Waals surface area contributed by atoms with Gasteiger partial charge in [-0.25, -0.2) is 0 Å². The van der Waals surface area contributed by atoms with Crippen molar-refractivity contribution in [1.29, 1.82) is 0 Å². The zero-order chi connectivity index (χ0) is 8.85. The van der Waals surface area contributed by atoms with Crippen molar-refractivity contribution in [3.63, 3.8) is 0 Å². The lowest BCUT2D eigenvalue weighted by Crippen LogP contribution is -2.32. The minimum atomic E-state index is -0.430. The van der Waals surface area contributed by atoms with E-state index < -0.39 is 6.10 Å². The van der Waals surface area contributed by atoms with E-state index >= 15 is 0 Å². The van der Waals surface area contributed by atoms with E-state index in [0.717, 1.165) is 6.42 Å². The molecular formula is C8H17NO2. The van der Waals surface area contributed by atoms with Crippen LogP contribution in [0.15, 0.2) is 0 Å². The molecule has 0 fully saturated rings. The van der Waals surface area contributed by atoms with Gasteiger partial charge in [0.15, 0.2) is 0 Å². The summed E-state index contributed by atoms with van der Waals surface area (Å²) in [6.45, 7) is 4.07. The first-order valence-electron chi connectivity index (χ1n) is 4.00. The summed E-state index contributed by atoms with van der Waals surface area (Å²) >= 11 is 0. The molecule has 0 aromatic carbocycles. The lowest BCUT2D eigenvalue weighted by atomic mass is 10.3. The fourth-order valence-corrected chi connectivity index (χ4v) is 0.903. The Labute approximate surface area is 68.0 Å². The molecule has 0 aliphatic rings. The lowest BCUT2D eigenvalue weighted by Gasteiger charge is -2.18. The lowest BCUT2D eigenvalue weighted by molar-refractivity contribution is -0.131. The van der Waals surface area contributed by atoms with E-state index in [1.807, 2.05) is 6.92 Å². The number of rotatable bonds is 4. The zero-order valence-corrected chi connectivity index (χ0v) is 7.50. The van der Waals surface area contributed by atoms with Crippen molar-refractivity contribution in [1.82, 2.24) is 4.90 Å². The van der Waals surface area contributed by atoms with Crippen LogP contribution in [0.2, 0.25) is 0 Å². The van der Waals surface area contributed by atoms with Crippen molar-refractivity contribution in [2.75, 3.05) is 13.6 Å². The van der Waals surface area contributed by atoms with E-state index in [1.165, 1.54) is 0 Å². The van der Waals surface area contributed by atoms with Crippen LogP contribution in [0.1, 0.15) is 26.7 Å². The summed E-state index contributed by atoms with van der Waals surface area (Å²) in [4.78, 5) is 12.7. The molecule has 0 aliphatic heterocycles. The van der Waals surface area contributed by atoms with Gasteiger partial charge in [0.1, 0.15) is 0 Å².